The molecule has 1 aromatic heterocycles. The molecule has 0 aliphatic carbocycles. The van der Waals surface area contributed by atoms with E-state index in [1.165, 1.54) is 11.3 Å². The lowest BCUT2D eigenvalue weighted by atomic mass is 10.1. The third-order valence-corrected chi connectivity index (χ3v) is 5.23. The number of hydrogen-bond donors (Lipinski definition) is 1. The number of benzene rings is 1. The van der Waals surface area contributed by atoms with Crippen LogP contribution in [0.5, 0.6) is 0 Å². The van der Waals surface area contributed by atoms with Crippen molar-refractivity contribution in [3.63, 3.8) is 0 Å². The highest BCUT2D eigenvalue weighted by Crippen LogP contribution is 2.14. The lowest BCUT2D eigenvalue weighted by molar-refractivity contribution is -0.116. The quantitative estimate of drug-likeness (QED) is 0.456. The van der Waals surface area contributed by atoms with Gasteiger partial charge in [0.15, 0.2) is 5.78 Å². The number of amides is 1. The highest BCUT2D eigenvalue weighted by Gasteiger charge is 2.11. The summed E-state index contributed by atoms with van der Waals surface area (Å²) in [5.41, 5.74) is 1.01. The smallest absolute Gasteiger partial charge is 0.338 e. The number of ketones is 1. The molecule has 0 bridgehead atoms. The van der Waals surface area contributed by atoms with Crippen LogP contribution in [0.3, 0.4) is 0 Å². The van der Waals surface area contributed by atoms with Gasteiger partial charge < -0.3 is 15.0 Å². The summed E-state index contributed by atoms with van der Waals surface area (Å²) in [7, 11) is 0. The minimum atomic E-state index is -0.383. The predicted octanol–water partition coefficient (Wildman–Crippen LogP) is 3.85. The van der Waals surface area contributed by atoms with Crippen molar-refractivity contribution in [2.45, 2.75) is 26.7 Å². The highest BCUT2D eigenvalue weighted by molar-refractivity contribution is 7.12. The fourth-order valence-electron chi connectivity index (χ4n) is 2.59. The highest BCUT2D eigenvalue weighted by atomic mass is 32.1. The van der Waals surface area contributed by atoms with Crippen molar-refractivity contribution in [3.8, 4) is 0 Å². The largest absolute Gasteiger partial charge is 0.461 e. The van der Waals surface area contributed by atoms with Gasteiger partial charge >= 0.3 is 5.97 Å². The zero-order valence-electron chi connectivity index (χ0n) is 16.3. The van der Waals surface area contributed by atoms with Crippen LogP contribution in [0.15, 0.2) is 41.8 Å². The Morgan fingerprint density at radius 3 is 2.36 bits per heavy atom. The number of nitrogens with zero attached hydrogens (tertiary/aromatic N) is 1. The fourth-order valence-corrected chi connectivity index (χ4v) is 3.29. The van der Waals surface area contributed by atoms with Crippen molar-refractivity contribution in [3.05, 3.63) is 52.2 Å². The zero-order valence-corrected chi connectivity index (χ0v) is 17.1. The summed E-state index contributed by atoms with van der Waals surface area (Å²) < 4.78 is 5.28. The van der Waals surface area contributed by atoms with E-state index in [1.54, 1.807) is 30.3 Å². The number of carbonyl (C=O) groups excluding carboxylic acids is 3. The Bertz CT molecular complexity index is 768. The number of hydrogen-bond acceptors (Lipinski definition) is 6. The molecule has 0 aliphatic rings. The second-order valence-electron chi connectivity index (χ2n) is 6.19. The maximum Gasteiger partial charge on any atom is 0.338 e. The number of rotatable bonds is 11. The van der Waals surface area contributed by atoms with E-state index in [9.17, 15) is 14.4 Å². The average molecular weight is 403 g/mol. The van der Waals surface area contributed by atoms with Crippen LogP contribution in [-0.2, 0) is 9.53 Å². The van der Waals surface area contributed by atoms with Crippen LogP contribution >= 0.6 is 11.3 Å². The number of nitrogens with one attached hydrogen (secondary N) is 1. The molecule has 0 radical (unpaired) electrons. The van der Waals surface area contributed by atoms with Gasteiger partial charge in [-0.05, 0) is 48.8 Å². The lowest BCUT2D eigenvalue weighted by Gasteiger charge is -2.17. The third-order valence-electron chi connectivity index (χ3n) is 4.31. The summed E-state index contributed by atoms with van der Waals surface area (Å²) in [6, 6.07) is 10.1. The molecule has 0 saturated carbocycles. The number of likely N-dealkylation sites (N-methyl/N-ethyl adjacent to an activating group) is 1. The van der Waals surface area contributed by atoms with E-state index in [1.807, 2.05) is 11.4 Å². The van der Waals surface area contributed by atoms with Gasteiger partial charge in [-0.25, -0.2) is 4.79 Å². The number of Topliss-reactive ketones (excluding diaryl/α,β-unsaturated/α-hetero) is 1. The normalized spacial score (nSPS) is 10.7. The molecule has 0 unspecified atom stereocenters. The second kappa shape index (κ2) is 11.4. The third kappa shape index (κ3) is 6.90. The number of ether oxygens (including phenoxy) is 1. The van der Waals surface area contributed by atoms with Gasteiger partial charge in [0.1, 0.15) is 6.61 Å². The van der Waals surface area contributed by atoms with Crippen LogP contribution in [-0.4, -0.2) is 48.8 Å². The van der Waals surface area contributed by atoms with E-state index in [0.29, 0.717) is 29.3 Å². The predicted molar refractivity (Wildman–Crippen MR) is 111 cm³/mol. The lowest BCUT2D eigenvalue weighted by Crippen LogP contribution is -2.27. The molecule has 1 N–H and O–H groups in total. The minimum absolute atomic E-state index is 0.0343. The average Bonchev–Trinajstić information content (AvgIpc) is 3.25. The first-order valence-corrected chi connectivity index (χ1v) is 10.3. The molecular formula is C21H26N2O4S. The fraction of sp³-hybridized carbons (Fsp3) is 0.381. The van der Waals surface area contributed by atoms with E-state index in [-0.39, 0.29) is 30.5 Å². The van der Waals surface area contributed by atoms with Crippen molar-refractivity contribution in [1.82, 2.24) is 4.90 Å². The number of anilines is 1. The Labute approximate surface area is 169 Å². The first kappa shape index (κ1) is 21.8. The van der Waals surface area contributed by atoms with Crippen LogP contribution in [0.4, 0.5) is 5.69 Å². The van der Waals surface area contributed by atoms with Gasteiger partial charge in [-0.1, -0.05) is 19.9 Å². The molecule has 28 heavy (non-hydrogen) atoms. The van der Waals surface area contributed by atoms with Crippen molar-refractivity contribution in [2.75, 3.05) is 31.6 Å². The standard InChI is InChI=1S/C21H26N2O4S/c1-3-23(4-2)13-14-27-21(26)16-7-9-17(10-8-16)22-20(25)12-11-18(24)19-6-5-15-28-19/h5-10,15H,3-4,11-14H2,1-2H3,(H,22,25). The maximum atomic E-state index is 12.1. The molecule has 1 aromatic carbocycles. The van der Waals surface area contributed by atoms with Crippen molar-refractivity contribution in [2.24, 2.45) is 0 Å². The molecule has 2 aromatic rings. The first-order valence-electron chi connectivity index (χ1n) is 9.39. The molecule has 1 amide bonds. The topological polar surface area (TPSA) is 75.7 Å². The van der Waals surface area contributed by atoms with Crippen molar-refractivity contribution >= 4 is 34.7 Å². The number of carbonyl (C=O) groups is 3. The van der Waals surface area contributed by atoms with Gasteiger partial charge in [0.25, 0.3) is 0 Å². The SMILES string of the molecule is CCN(CC)CCOC(=O)c1ccc(NC(=O)CCC(=O)c2cccs2)cc1. The molecule has 0 atom stereocenters. The Balaban J connectivity index is 1.76. The molecular weight excluding hydrogens is 376 g/mol. The molecule has 0 aliphatic heterocycles. The van der Waals surface area contributed by atoms with E-state index in [4.69, 9.17) is 4.74 Å². The summed E-state index contributed by atoms with van der Waals surface area (Å²) in [4.78, 5) is 38.8. The summed E-state index contributed by atoms with van der Waals surface area (Å²) in [5, 5.41) is 4.57. The van der Waals surface area contributed by atoms with E-state index in [0.717, 1.165) is 13.1 Å². The van der Waals surface area contributed by atoms with Crippen LogP contribution in [0, 0.1) is 0 Å². The van der Waals surface area contributed by atoms with Crippen LogP contribution in [0.2, 0.25) is 0 Å². The first-order chi connectivity index (χ1) is 13.5. The summed E-state index contributed by atoms with van der Waals surface area (Å²) in [6.45, 7) is 7.02. The molecule has 1 heterocycles. The van der Waals surface area contributed by atoms with E-state index < -0.39 is 0 Å². The molecule has 0 saturated heterocycles. The van der Waals surface area contributed by atoms with Gasteiger partial charge in [-0.3, -0.25) is 9.59 Å². The van der Waals surface area contributed by atoms with E-state index >= 15 is 0 Å². The van der Waals surface area contributed by atoms with Gasteiger partial charge in [-0.2, -0.15) is 0 Å². The van der Waals surface area contributed by atoms with Crippen LogP contribution in [0.1, 0.15) is 46.7 Å². The molecule has 0 fully saturated rings. The summed E-state index contributed by atoms with van der Waals surface area (Å²) >= 11 is 1.37. The van der Waals surface area contributed by atoms with Gasteiger partial charge in [-0.15, -0.1) is 11.3 Å². The monoisotopic (exact) mass is 402 g/mol. The van der Waals surface area contributed by atoms with Gasteiger partial charge in [0.2, 0.25) is 5.91 Å². The summed E-state index contributed by atoms with van der Waals surface area (Å²) in [5.74, 6) is -0.654. The van der Waals surface area contributed by atoms with Crippen LogP contribution in [0.25, 0.3) is 0 Å². The Morgan fingerprint density at radius 2 is 1.75 bits per heavy atom. The molecule has 150 valence electrons. The van der Waals surface area contributed by atoms with Gasteiger partial charge in [0.05, 0.1) is 10.4 Å². The Hall–Kier alpha value is -2.51. The molecule has 2 rings (SSSR count). The summed E-state index contributed by atoms with van der Waals surface area (Å²) in [6.07, 6.45) is 0.287. The van der Waals surface area contributed by atoms with E-state index in [2.05, 4.69) is 24.1 Å². The maximum absolute atomic E-state index is 12.1. The number of thiophene rings is 1. The number of esters is 1. The van der Waals surface area contributed by atoms with Gasteiger partial charge in [0, 0.05) is 25.1 Å². The molecule has 0 spiro atoms. The van der Waals surface area contributed by atoms with Crippen LogP contribution < -0.4 is 5.32 Å². The molecule has 6 nitrogen and oxygen atoms in total. The second-order valence-corrected chi connectivity index (χ2v) is 7.14. The van der Waals surface area contributed by atoms with Crippen molar-refractivity contribution in [1.29, 1.82) is 0 Å². The zero-order chi connectivity index (χ0) is 20.4. The Morgan fingerprint density at radius 1 is 1.04 bits per heavy atom. The van der Waals surface area contributed by atoms with Crippen molar-refractivity contribution < 1.29 is 19.1 Å². The minimum Gasteiger partial charge on any atom is -0.461 e. The molecule has 7 heteroatoms. The Kier molecular flexibility index (Phi) is 8.84.